The minimum absolute atomic E-state index is 0.0594. The average molecular weight is 383 g/mol. The van der Waals surface area contributed by atoms with Crippen molar-refractivity contribution in [1.29, 1.82) is 0 Å². The molecule has 1 aromatic heterocycles. The molecule has 1 aliphatic heterocycles. The van der Waals surface area contributed by atoms with E-state index in [1.54, 1.807) is 19.2 Å². The van der Waals surface area contributed by atoms with Crippen molar-refractivity contribution < 1.29 is 24.1 Å². The number of halogens is 1. The number of pyridine rings is 1. The SMILES string of the molecule is COCCOc1cc(O)c2ccc(OCCN3CCOCC3)c(Cl)c2n1. The first-order valence-electron chi connectivity index (χ1n) is 8.56. The fourth-order valence-electron chi connectivity index (χ4n) is 2.72. The zero-order valence-corrected chi connectivity index (χ0v) is 15.5. The van der Waals surface area contributed by atoms with Crippen molar-refractivity contribution in [2.45, 2.75) is 0 Å². The number of fused-ring (bicyclic) bond motifs is 1. The predicted molar refractivity (Wildman–Crippen MR) is 98.5 cm³/mol. The third-order valence-corrected chi connectivity index (χ3v) is 4.51. The number of ether oxygens (including phenoxy) is 4. The van der Waals surface area contributed by atoms with Crippen molar-refractivity contribution in [3.8, 4) is 17.4 Å². The Morgan fingerprint density at radius 3 is 2.77 bits per heavy atom. The number of benzene rings is 1. The number of nitrogens with zero attached hydrogens (tertiary/aromatic N) is 2. The second-order valence-electron chi connectivity index (χ2n) is 5.90. The molecule has 1 aliphatic rings. The second-order valence-corrected chi connectivity index (χ2v) is 6.28. The van der Waals surface area contributed by atoms with Gasteiger partial charge in [0.15, 0.2) is 0 Å². The lowest BCUT2D eigenvalue weighted by Crippen LogP contribution is -2.38. The van der Waals surface area contributed by atoms with Crippen LogP contribution in [-0.2, 0) is 9.47 Å². The summed E-state index contributed by atoms with van der Waals surface area (Å²) in [5.74, 6) is 0.886. The Hall–Kier alpha value is -1.80. The van der Waals surface area contributed by atoms with Gasteiger partial charge in [0, 0.05) is 38.2 Å². The van der Waals surface area contributed by atoms with Crippen molar-refractivity contribution in [3.63, 3.8) is 0 Å². The van der Waals surface area contributed by atoms with Gasteiger partial charge in [0.2, 0.25) is 5.88 Å². The van der Waals surface area contributed by atoms with E-state index in [4.69, 9.17) is 30.5 Å². The Morgan fingerprint density at radius 2 is 2.00 bits per heavy atom. The molecule has 0 unspecified atom stereocenters. The monoisotopic (exact) mass is 382 g/mol. The molecule has 2 aromatic rings. The molecule has 3 rings (SSSR count). The minimum Gasteiger partial charge on any atom is -0.507 e. The lowest BCUT2D eigenvalue weighted by molar-refractivity contribution is 0.0322. The molecule has 0 radical (unpaired) electrons. The fraction of sp³-hybridized carbons (Fsp3) is 0.500. The van der Waals surface area contributed by atoms with E-state index in [0.29, 0.717) is 47.4 Å². The molecule has 0 spiro atoms. The Balaban J connectivity index is 1.71. The highest BCUT2D eigenvalue weighted by atomic mass is 35.5. The summed E-state index contributed by atoms with van der Waals surface area (Å²) >= 11 is 6.46. The third kappa shape index (κ3) is 4.67. The highest BCUT2D eigenvalue weighted by Gasteiger charge is 2.15. The van der Waals surface area contributed by atoms with Crippen molar-refractivity contribution >= 4 is 22.5 Å². The zero-order valence-electron chi connectivity index (χ0n) is 14.7. The predicted octanol–water partition coefficient (Wildman–Crippen LogP) is 2.33. The summed E-state index contributed by atoms with van der Waals surface area (Å²) in [7, 11) is 1.59. The lowest BCUT2D eigenvalue weighted by atomic mass is 10.2. The van der Waals surface area contributed by atoms with E-state index < -0.39 is 0 Å². The topological polar surface area (TPSA) is 73.3 Å². The molecule has 0 aliphatic carbocycles. The Labute approximate surface area is 157 Å². The summed E-state index contributed by atoms with van der Waals surface area (Å²) in [6.07, 6.45) is 0. The van der Waals surface area contributed by atoms with Gasteiger partial charge >= 0.3 is 0 Å². The van der Waals surface area contributed by atoms with Crippen LogP contribution in [0.5, 0.6) is 17.4 Å². The van der Waals surface area contributed by atoms with Gasteiger partial charge in [0.1, 0.15) is 35.3 Å². The van der Waals surface area contributed by atoms with Crippen molar-refractivity contribution in [2.75, 3.05) is 59.8 Å². The quantitative estimate of drug-likeness (QED) is 0.702. The molecule has 1 fully saturated rings. The van der Waals surface area contributed by atoms with Crippen LogP contribution >= 0.6 is 11.6 Å². The molecule has 1 N–H and O–H groups in total. The zero-order chi connectivity index (χ0) is 18.4. The van der Waals surface area contributed by atoms with Gasteiger partial charge in [-0.1, -0.05) is 11.6 Å². The standard InChI is InChI=1S/C18H23ClN2O5/c1-23-10-11-26-16-12-14(22)13-2-3-15(17(19)18(13)20-16)25-9-6-21-4-7-24-8-5-21/h2-3,12H,4-11H2,1H3,(H,20,22). The summed E-state index contributed by atoms with van der Waals surface area (Å²) in [6.45, 7) is 5.41. The van der Waals surface area contributed by atoms with E-state index in [-0.39, 0.29) is 5.75 Å². The summed E-state index contributed by atoms with van der Waals surface area (Å²) in [6, 6.07) is 4.96. The minimum atomic E-state index is 0.0594. The molecule has 0 atom stereocenters. The maximum absolute atomic E-state index is 10.2. The summed E-state index contributed by atoms with van der Waals surface area (Å²) in [5.41, 5.74) is 0.447. The highest BCUT2D eigenvalue weighted by molar-refractivity contribution is 6.36. The number of aromatic nitrogens is 1. The van der Waals surface area contributed by atoms with Gasteiger partial charge < -0.3 is 24.1 Å². The van der Waals surface area contributed by atoms with E-state index in [2.05, 4.69) is 9.88 Å². The molecule has 26 heavy (non-hydrogen) atoms. The van der Waals surface area contributed by atoms with Gasteiger partial charge in [-0.15, -0.1) is 0 Å². The number of hydrogen-bond acceptors (Lipinski definition) is 7. The van der Waals surface area contributed by atoms with Gasteiger partial charge in [-0.2, -0.15) is 0 Å². The molecule has 0 amide bonds. The molecular formula is C18H23ClN2O5. The first-order chi connectivity index (χ1) is 12.7. The van der Waals surface area contributed by atoms with Crippen molar-refractivity contribution in [3.05, 3.63) is 23.2 Å². The van der Waals surface area contributed by atoms with Gasteiger partial charge in [-0.3, -0.25) is 4.90 Å². The van der Waals surface area contributed by atoms with Crippen LogP contribution in [0.25, 0.3) is 10.9 Å². The van der Waals surface area contributed by atoms with Crippen LogP contribution in [0, 0.1) is 0 Å². The summed E-state index contributed by atoms with van der Waals surface area (Å²) in [5, 5.41) is 11.1. The largest absolute Gasteiger partial charge is 0.507 e. The molecular weight excluding hydrogens is 360 g/mol. The number of aromatic hydroxyl groups is 1. The van der Waals surface area contributed by atoms with Crippen LogP contribution in [-0.4, -0.2) is 74.8 Å². The molecule has 0 bridgehead atoms. The number of rotatable bonds is 8. The van der Waals surface area contributed by atoms with Crippen LogP contribution in [0.2, 0.25) is 5.02 Å². The Kier molecular flexibility index (Phi) is 6.73. The van der Waals surface area contributed by atoms with Crippen molar-refractivity contribution in [2.24, 2.45) is 0 Å². The van der Waals surface area contributed by atoms with Crippen LogP contribution in [0.3, 0.4) is 0 Å². The third-order valence-electron chi connectivity index (χ3n) is 4.15. The normalized spacial score (nSPS) is 15.3. The molecule has 142 valence electrons. The van der Waals surface area contributed by atoms with Crippen LogP contribution in [0.15, 0.2) is 18.2 Å². The maximum atomic E-state index is 10.2. The Bertz CT molecular complexity index is 737. The Morgan fingerprint density at radius 1 is 1.19 bits per heavy atom. The van der Waals surface area contributed by atoms with E-state index in [1.807, 2.05) is 0 Å². The van der Waals surface area contributed by atoms with Crippen LogP contribution < -0.4 is 9.47 Å². The van der Waals surface area contributed by atoms with Gasteiger partial charge in [0.05, 0.1) is 19.8 Å². The lowest BCUT2D eigenvalue weighted by Gasteiger charge is -2.26. The molecule has 8 heteroatoms. The molecule has 2 heterocycles. The van der Waals surface area contributed by atoms with Gasteiger partial charge in [0.25, 0.3) is 0 Å². The first-order valence-corrected chi connectivity index (χ1v) is 8.93. The maximum Gasteiger partial charge on any atom is 0.217 e. The number of morpholine rings is 1. The van der Waals surface area contributed by atoms with Crippen molar-refractivity contribution in [1.82, 2.24) is 9.88 Å². The van der Waals surface area contributed by atoms with E-state index in [0.717, 1.165) is 32.8 Å². The number of methoxy groups -OCH3 is 1. The van der Waals surface area contributed by atoms with E-state index in [1.165, 1.54) is 6.07 Å². The van der Waals surface area contributed by atoms with E-state index in [9.17, 15) is 5.11 Å². The summed E-state index contributed by atoms with van der Waals surface area (Å²) in [4.78, 5) is 6.67. The van der Waals surface area contributed by atoms with E-state index >= 15 is 0 Å². The van der Waals surface area contributed by atoms with Gasteiger partial charge in [-0.25, -0.2) is 4.98 Å². The smallest absolute Gasteiger partial charge is 0.217 e. The van der Waals surface area contributed by atoms with Crippen LogP contribution in [0.4, 0.5) is 0 Å². The van der Waals surface area contributed by atoms with Crippen LogP contribution in [0.1, 0.15) is 0 Å². The molecule has 7 nitrogen and oxygen atoms in total. The fourth-order valence-corrected chi connectivity index (χ4v) is 2.99. The molecule has 1 aromatic carbocycles. The second kappa shape index (κ2) is 9.23. The first kappa shape index (κ1) is 19.0. The molecule has 1 saturated heterocycles. The highest BCUT2D eigenvalue weighted by Crippen LogP contribution is 2.37. The average Bonchev–Trinajstić information content (AvgIpc) is 2.65. The number of hydrogen-bond donors (Lipinski definition) is 1. The van der Waals surface area contributed by atoms with Gasteiger partial charge in [-0.05, 0) is 12.1 Å². The molecule has 0 saturated carbocycles. The summed E-state index contributed by atoms with van der Waals surface area (Å²) < 4.78 is 21.6.